The summed E-state index contributed by atoms with van der Waals surface area (Å²) in [6, 6.07) is 6.97. The van der Waals surface area contributed by atoms with Crippen molar-refractivity contribution in [2.45, 2.75) is 28.1 Å². The molecule has 25 heavy (non-hydrogen) atoms. The van der Waals surface area contributed by atoms with E-state index in [9.17, 15) is 9.00 Å². The van der Waals surface area contributed by atoms with Gasteiger partial charge in [-0.05, 0) is 50.0 Å². The number of nitrogens with one attached hydrogen (secondary N) is 1. The molecule has 2 bridgehead atoms. The minimum Gasteiger partial charge on any atom is -0.346 e. The summed E-state index contributed by atoms with van der Waals surface area (Å²) >= 11 is 7.00. The van der Waals surface area contributed by atoms with E-state index < -0.39 is 10.8 Å². The lowest BCUT2D eigenvalue weighted by Gasteiger charge is -2.44. The summed E-state index contributed by atoms with van der Waals surface area (Å²) < 4.78 is 12.9. The van der Waals surface area contributed by atoms with Crippen LogP contribution >= 0.6 is 22.9 Å². The molecule has 0 spiro atoms. The van der Waals surface area contributed by atoms with Crippen LogP contribution in [-0.4, -0.2) is 50.9 Å². The predicted molar refractivity (Wildman–Crippen MR) is 96.5 cm³/mol. The number of aromatic nitrogens is 2. The third kappa shape index (κ3) is 3.62. The van der Waals surface area contributed by atoms with E-state index in [0.29, 0.717) is 20.2 Å². The molecule has 1 aromatic heterocycles. The molecule has 6 nitrogen and oxygen atoms in total. The third-order valence-corrected chi connectivity index (χ3v) is 7.48. The molecule has 3 saturated heterocycles. The van der Waals surface area contributed by atoms with Gasteiger partial charge in [-0.1, -0.05) is 29.0 Å². The van der Waals surface area contributed by atoms with Crippen LogP contribution in [0, 0.1) is 5.92 Å². The average molecular weight is 397 g/mol. The van der Waals surface area contributed by atoms with Gasteiger partial charge in [0.05, 0.1) is 0 Å². The van der Waals surface area contributed by atoms with Crippen molar-refractivity contribution in [2.24, 2.45) is 5.92 Å². The van der Waals surface area contributed by atoms with Crippen molar-refractivity contribution in [3.8, 4) is 0 Å². The molecule has 3 aliphatic rings. The van der Waals surface area contributed by atoms with Crippen molar-refractivity contribution in [1.29, 1.82) is 0 Å². The highest BCUT2D eigenvalue weighted by Gasteiger charge is 2.35. The van der Waals surface area contributed by atoms with Crippen LogP contribution in [0.1, 0.15) is 22.6 Å². The number of carbonyl (C=O) groups excluding carboxylic acids is 1. The normalized spacial score (nSPS) is 26.4. The number of carbonyl (C=O) groups is 1. The first-order valence-corrected chi connectivity index (χ1v) is 10.5. The molecule has 2 atom stereocenters. The fraction of sp³-hybridized carbons (Fsp3) is 0.438. The number of nitrogens with zero attached hydrogens (tertiary/aromatic N) is 3. The molecular formula is C16H17ClN4O2S2. The monoisotopic (exact) mass is 396 g/mol. The SMILES string of the molecule is O=C(NC1CN2CCC1CC2)c1nnc(S(=O)c2cccc(Cl)c2)s1. The van der Waals surface area contributed by atoms with Gasteiger partial charge in [-0.3, -0.25) is 4.79 Å². The standard InChI is InChI=1S/C16H17ClN4O2S2/c17-11-2-1-3-12(8-11)25(23)16-20-19-15(24-16)14(22)18-13-9-21-6-4-10(13)5-7-21/h1-3,8,10,13H,4-7,9H2,(H,18,22). The smallest absolute Gasteiger partial charge is 0.282 e. The zero-order chi connectivity index (χ0) is 17.4. The molecule has 0 aliphatic carbocycles. The van der Waals surface area contributed by atoms with E-state index >= 15 is 0 Å². The number of piperidine rings is 3. The van der Waals surface area contributed by atoms with Crippen molar-refractivity contribution in [3.05, 3.63) is 34.3 Å². The Bertz CT molecular complexity index is 820. The molecule has 3 aliphatic heterocycles. The number of benzene rings is 1. The van der Waals surface area contributed by atoms with Crippen molar-refractivity contribution >= 4 is 39.6 Å². The van der Waals surface area contributed by atoms with Gasteiger partial charge < -0.3 is 10.2 Å². The summed E-state index contributed by atoms with van der Waals surface area (Å²) in [5, 5.41) is 11.7. The summed E-state index contributed by atoms with van der Waals surface area (Å²) in [4.78, 5) is 15.4. The largest absolute Gasteiger partial charge is 0.346 e. The van der Waals surface area contributed by atoms with Crippen LogP contribution in [0.5, 0.6) is 0 Å². The number of hydrogen-bond donors (Lipinski definition) is 1. The Morgan fingerprint density at radius 3 is 2.80 bits per heavy atom. The molecule has 1 amide bonds. The molecule has 9 heteroatoms. The maximum Gasteiger partial charge on any atom is 0.282 e. The Kier molecular flexibility index (Phi) is 4.86. The molecule has 2 aromatic rings. The molecule has 2 unspecified atom stereocenters. The van der Waals surface area contributed by atoms with E-state index in [-0.39, 0.29) is 17.0 Å². The van der Waals surface area contributed by atoms with Crippen LogP contribution in [0.25, 0.3) is 0 Å². The second-order valence-electron chi connectivity index (χ2n) is 6.32. The zero-order valence-corrected chi connectivity index (χ0v) is 15.7. The number of rotatable bonds is 4. The third-order valence-electron chi connectivity index (χ3n) is 4.74. The molecular weight excluding hydrogens is 380 g/mol. The lowest BCUT2D eigenvalue weighted by molar-refractivity contribution is 0.0620. The Hall–Kier alpha value is -1.35. The van der Waals surface area contributed by atoms with E-state index in [1.807, 2.05) is 0 Å². The molecule has 0 saturated carbocycles. The Morgan fingerprint density at radius 1 is 1.32 bits per heavy atom. The lowest BCUT2D eigenvalue weighted by atomic mass is 9.84. The van der Waals surface area contributed by atoms with Gasteiger partial charge in [0.15, 0.2) is 0 Å². The number of fused-ring (bicyclic) bond motifs is 3. The molecule has 1 N–H and O–H groups in total. The highest BCUT2D eigenvalue weighted by Crippen LogP contribution is 2.28. The van der Waals surface area contributed by atoms with E-state index in [4.69, 9.17) is 11.6 Å². The summed E-state index contributed by atoms with van der Waals surface area (Å²) in [5.74, 6) is 0.313. The van der Waals surface area contributed by atoms with Crippen LogP contribution < -0.4 is 5.32 Å². The Balaban J connectivity index is 1.45. The van der Waals surface area contributed by atoms with Gasteiger partial charge in [-0.15, -0.1) is 10.2 Å². The number of halogens is 1. The van der Waals surface area contributed by atoms with Gasteiger partial charge in [0, 0.05) is 22.5 Å². The summed E-state index contributed by atoms with van der Waals surface area (Å²) in [6.07, 6.45) is 2.26. The average Bonchev–Trinajstić information content (AvgIpc) is 3.12. The Labute approximate surface area is 157 Å². The van der Waals surface area contributed by atoms with Gasteiger partial charge in [-0.2, -0.15) is 0 Å². The molecule has 5 rings (SSSR count). The van der Waals surface area contributed by atoms with Crippen LogP contribution in [0.15, 0.2) is 33.5 Å². The molecule has 1 aromatic carbocycles. The fourth-order valence-electron chi connectivity index (χ4n) is 3.42. The van der Waals surface area contributed by atoms with Crippen molar-refractivity contribution in [1.82, 2.24) is 20.4 Å². The van der Waals surface area contributed by atoms with Crippen LogP contribution in [0.2, 0.25) is 5.02 Å². The topological polar surface area (TPSA) is 75.2 Å². The zero-order valence-electron chi connectivity index (χ0n) is 13.4. The highest BCUT2D eigenvalue weighted by atomic mass is 35.5. The predicted octanol–water partition coefficient (Wildman–Crippen LogP) is 2.18. The van der Waals surface area contributed by atoms with Gasteiger partial charge in [0.2, 0.25) is 9.35 Å². The molecule has 132 valence electrons. The van der Waals surface area contributed by atoms with Crippen LogP contribution in [0.3, 0.4) is 0 Å². The van der Waals surface area contributed by atoms with Gasteiger partial charge in [0.1, 0.15) is 10.8 Å². The molecule has 0 radical (unpaired) electrons. The van der Waals surface area contributed by atoms with E-state index in [0.717, 1.165) is 43.8 Å². The van der Waals surface area contributed by atoms with E-state index in [1.165, 1.54) is 0 Å². The summed E-state index contributed by atoms with van der Waals surface area (Å²) in [5.41, 5.74) is 0. The minimum absolute atomic E-state index is 0.167. The van der Waals surface area contributed by atoms with Crippen molar-refractivity contribution in [3.63, 3.8) is 0 Å². The quantitative estimate of drug-likeness (QED) is 0.857. The minimum atomic E-state index is -1.49. The Morgan fingerprint density at radius 2 is 2.12 bits per heavy atom. The highest BCUT2D eigenvalue weighted by molar-refractivity contribution is 7.87. The van der Waals surface area contributed by atoms with Crippen LogP contribution in [0.4, 0.5) is 0 Å². The van der Waals surface area contributed by atoms with Crippen molar-refractivity contribution in [2.75, 3.05) is 19.6 Å². The second-order valence-corrected chi connectivity index (χ2v) is 9.39. The maximum absolute atomic E-state index is 12.6. The summed E-state index contributed by atoms with van der Waals surface area (Å²) in [6.45, 7) is 3.15. The number of amides is 1. The first-order valence-electron chi connectivity index (χ1n) is 8.14. The van der Waals surface area contributed by atoms with Gasteiger partial charge in [0.25, 0.3) is 5.91 Å². The van der Waals surface area contributed by atoms with Gasteiger partial charge in [-0.25, -0.2) is 4.21 Å². The molecule has 3 fully saturated rings. The first-order chi connectivity index (χ1) is 12.1. The van der Waals surface area contributed by atoms with E-state index in [2.05, 4.69) is 20.4 Å². The molecule has 4 heterocycles. The number of hydrogen-bond acceptors (Lipinski definition) is 6. The maximum atomic E-state index is 12.6. The van der Waals surface area contributed by atoms with Crippen LogP contribution in [-0.2, 0) is 10.8 Å². The van der Waals surface area contributed by atoms with Crippen molar-refractivity contribution < 1.29 is 9.00 Å². The summed E-state index contributed by atoms with van der Waals surface area (Å²) in [7, 11) is -1.49. The fourth-order valence-corrected chi connectivity index (χ4v) is 5.73. The second kappa shape index (κ2) is 7.11. The van der Waals surface area contributed by atoms with Gasteiger partial charge >= 0.3 is 0 Å². The lowest BCUT2D eigenvalue weighted by Crippen LogP contribution is -2.57. The first kappa shape index (κ1) is 17.1. The van der Waals surface area contributed by atoms with E-state index in [1.54, 1.807) is 24.3 Å².